The summed E-state index contributed by atoms with van der Waals surface area (Å²) in [5.41, 5.74) is 5.71. The molecule has 0 radical (unpaired) electrons. The number of rotatable bonds is 6. The fourth-order valence-corrected chi connectivity index (χ4v) is 1.12. The molecule has 3 N–H and O–H groups in total. The highest BCUT2D eigenvalue weighted by molar-refractivity contribution is 14.0. The number of likely N-dealkylation sites (N-methyl/N-ethyl adjacent to an activating group) is 1. The van der Waals surface area contributed by atoms with Crippen molar-refractivity contribution in [3.8, 4) is 0 Å². The van der Waals surface area contributed by atoms with Crippen LogP contribution in [-0.4, -0.2) is 56.8 Å². The van der Waals surface area contributed by atoms with Gasteiger partial charge in [0.1, 0.15) is 0 Å². The van der Waals surface area contributed by atoms with Crippen molar-refractivity contribution in [2.24, 2.45) is 10.7 Å². The maximum Gasteiger partial charge on any atom is 0.189 e. The first-order valence-electron chi connectivity index (χ1n) is 5.61. The van der Waals surface area contributed by atoms with Gasteiger partial charge in [0.2, 0.25) is 0 Å². The number of hydrogen-bond acceptors (Lipinski definition) is 3. The molecule has 6 heteroatoms. The van der Waals surface area contributed by atoms with Gasteiger partial charge in [-0.2, -0.15) is 0 Å². The van der Waals surface area contributed by atoms with Crippen LogP contribution >= 0.6 is 24.0 Å². The molecule has 0 rings (SSSR count). The van der Waals surface area contributed by atoms with Crippen molar-refractivity contribution in [1.82, 2.24) is 10.2 Å². The predicted octanol–water partition coefficient (Wildman–Crippen LogP) is 0.885. The summed E-state index contributed by atoms with van der Waals surface area (Å²) >= 11 is 0. The van der Waals surface area contributed by atoms with Crippen LogP contribution in [0.5, 0.6) is 0 Å². The van der Waals surface area contributed by atoms with E-state index in [-0.39, 0.29) is 29.5 Å². The van der Waals surface area contributed by atoms with E-state index in [2.05, 4.69) is 36.0 Å². The zero-order valence-electron chi connectivity index (χ0n) is 11.6. The van der Waals surface area contributed by atoms with E-state index in [0.29, 0.717) is 12.5 Å². The Balaban J connectivity index is 0. The van der Waals surface area contributed by atoms with Crippen LogP contribution in [0.25, 0.3) is 0 Å². The maximum absolute atomic E-state index is 5.74. The Morgan fingerprint density at radius 1 is 1.35 bits per heavy atom. The van der Waals surface area contributed by atoms with Gasteiger partial charge in [0.15, 0.2) is 5.96 Å². The number of halogens is 1. The summed E-state index contributed by atoms with van der Waals surface area (Å²) < 4.78 is 4.99. The van der Waals surface area contributed by atoms with Crippen molar-refractivity contribution in [3.05, 3.63) is 0 Å². The molecule has 0 spiro atoms. The highest BCUT2D eigenvalue weighted by atomic mass is 127. The molecular formula is C11H27IN4O. The third-order valence-corrected chi connectivity index (χ3v) is 1.94. The summed E-state index contributed by atoms with van der Waals surface area (Å²) in [5.74, 6) is 0.507. The summed E-state index contributed by atoms with van der Waals surface area (Å²) in [6, 6.07) is 0. The molecule has 0 aliphatic carbocycles. The summed E-state index contributed by atoms with van der Waals surface area (Å²) in [5, 5.41) is 3.12. The summed E-state index contributed by atoms with van der Waals surface area (Å²) in [6.07, 6.45) is 0. The Morgan fingerprint density at radius 3 is 2.41 bits per heavy atom. The van der Waals surface area contributed by atoms with Crippen molar-refractivity contribution in [3.63, 3.8) is 0 Å². The standard InChI is InChI=1S/C11H26N4O.HI/c1-11(2,3)14-10(12)13-6-7-15(4)8-9-16-5;/h6-9H2,1-5H3,(H3,12,13,14);1H. The minimum absolute atomic E-state index is 0. The largest absolute Gasteiger partial charge is 0.383 e. The molecule has 0 amide bonds. The van der Waals surface area contributed by atoms with E-state index in [1.807, 2.05) is 7.05 Å². The number of nitrogens with two attached hydrogens (primary N) is 1. The topological polar surface area (TPSA) is 62.9 Å². The van der Waals surface area contributed by atoms with Crippen molar-refractivity contribution < 1.29 is 4.74 Å². The van der Waals surface area contributed by atoms with E-state index in [1.54, 1.807) is 7.11 Å². The molecule has 0 bridgehead atoms. The number of hydrogen-bond donors (Lipinski definition) is 2. The van der Waals surface area contributed by atoms with Crippen LogP contribution in [0.15, 0.2) is 4.99 Å². The Labute approximate surface area is 122 Å². The van der Waals surface area contributed by atoms with Crippen LogP contribution in [0.3, 0.4) is 0 Å². The van der Waals surface area contributed by atoms with Crippen LogP contribution < -0.4 is 11.1 Å². The van der Waals surface area contributed by atoms with Crippen LogP contribution in [0.4, 0.5) is 0 Å². The summed E-state index contributed by atoms with van der Waals surface area (Å²) in [6.45, 7) is 9.42. The SMILES string of the molecule is COCCN(C)CCN=C(N)NC(C)(C)C.I. The first-order valence-corrected chi connectivity index (χ1v) is 5.61. The molecule has 0 aliphatic rings. The highest BCUT2D eigenvalue weighted by Gasteiger charge is 2.09. The lowest BCUT2D eigenvalue weighted by atomic mass is 10.1. The lowest BCUT2D eigenvalue weighted by Crippen LogP contribution is -2.45. The van der Waals surface area contributed by atoms with Crippen molar-refractivity contribution in [2.45, 2.75) is 26.3 Å². The predicted molar refractivity (Wildman–Crippen MR) is 84.2 cm³/mol. The Kier molecular flexibility index (Phi) is 11.2. The molecule has 0 aromatic heterocycles. The van der Waals surface area contributed by atoms with Gasteiger partial charge in [-0.15, -0.1) is 24.0 Å². The molecule has 17 heavy (non-hydrogen) atoms. The number of methoxy groups -OCH3 is 1. The van der Waals surface area contributed by atoms with Crippen LogP contribution in [0.2, 0.25) is 0 Å². The number of ether oxygens (including phenoxy) is 1. The van der Waals surface area contributed by atoms with E-state index in [9.17, 15) is 0 Å². The van der Waals surface area contributed by atoms with Crippen molar-refractivity contribution in [1.29, 1.82) is 0 Å². The lowest BCUT2D eigenvalue weighted by Gasteiger charge is -2.21. The third-order valence-electron chi connectivity index (χ3n) is 1.94. The fourth-order valence-electron chi connectivity index (χ4n) is 1.12. The Bertz CT molecular complexity index is 216. The minimum atomic E-state index is -0.0322. The fraction of sp³-hybridized carbons (Fsp3) is 0.909. The third kappa shape index (κ3) is 13.9. The molecule has 0 aromatic rings. The second kappa shape index (κ2) is 9.90. The average molecular weight is 358 g/mol. The van der Waals surface area contributed by atoms with E-state index in [0.717, 1.165) is 19.7 Å². The van der Waals surface area contributed by atoms with Gasteiger partial charge in [0, 0.05) is 25.7 Å². The molecule has 5 nitrogen and oxygen atoms in total. The monoisotopic (exact) mass is 358 g/mol. The molecule has 0 aliphatic heterocycles. The second-order valence-corrected chi connectivity index (χ2v) is 4.94. The molecule has 0 saturated heterocycles. The molecule has 0 saturated carbocycles. The van der Waals surface area contributed by atoms with Gasteiger partial charge < -0.3 is 20.7 Å². The summed E-state index contributed by atoms with van der Waals surface area (Å²) in [4.78, 5) is 6.42. The minimum Gasteiger partial charge on any atom is -0.383 e. The quantitative estimate of drug-likeness (QED) is 0.421. The van der Waals surface area contributed by atoms with Gasteiger partial charge >= 0.3 is 0 Å². The smallest absolute Gasteiger partial charge is 0.189 e. The Morgan fingerprint density at radius 2 is 1.94 bits per heavy atom. The van der Waals surface area contributed by atoms with Crippen molar-refractivity contribution >= 4 is 29.9 Å². The highest BCUT2D eigenvalue weighted by Crippen LogP contribution is 1.96. The maximum atomic E-state index is 5.74. The molecular weight excluding hydrogens is 331 g/mol. The van der Waals surface area contributed by atoms with E-state index >= 15 is 0 Å². The summed E-state index contributed by atoms with van der Waals surface area (Å²) in [7, 11) is 3.75. The molecule has 0 aromatic carbocycles. The molecule has 104 valence electrons. The Hall–Kier alpha value is -0.0800. The van der Waals surface area contributed by atoms with Gasteiger partial charge in [0.05, 0.1) is 13.2 Å². The number of aliphatic imine (C=N–C) groups is 1. The van der Waals surface area contributed by atoms with Crippen LogP contribution in [0, 0.1) is 0 Å². The molecule has 0 atom stereocenters. The van der Waals surface area contributed by atoms with E-state index in [4.69, 9.17) is 10.5 Å². The van der Waals surface area contributed by atoms with Crippen LogP contribution in [0.1, 0.15) is 20.8 Å². The number of nitrogens with zero attached hydrogens (tertiary/aromatic N) is 2. The molecule has 0 unspecified atom stereocenters. The van der Waals surface area contributed by atoms with Gasteiger partial charge in [-0.3, -0.25) is 4.99 Å². The average Bonchev–Trinajstić information content (AvgIpc) is 2.11. The van der Waals surface area contributed by atoms with E-state index < -0.39 is 0 Å². The second-order valence-electron chi connectivity index (χ2n) is 4.94. The number of guanidine groups is 1. The van der Waals surface area contributed by atoms with Gasteiger partial charge in [-0.1, -0.05) is 0 Å². The lowest BCUT2D eigenvalue weighted by molar-refractivity contribution is 0.163. The zero-order chi connectivity index (χ0) is 12.6. The zero-order valence-corrected chi connectivity index (χ0v) is 13.9. The van der Waals surface area contributed by atoms with Gasteiger partial charge in [0.25, 0.3) is 0 Å². The first kappa shape index (κ1) is 19.3. The first-order chi connectivity index (χ1) is 7.35. The van der Waals surface area contributed by atoms with Crippen LogP contribution in [-0.2, 0) is 4.74 Å². The normalized spacial score (nSPS) is 12.5. The van der Waals surface area contributed by atoms with E-state index in [1.165, 1.54) is 0 Å². The number of nitrogens with one attached hydrogen (secondary N) is 1. The van der Waals surface area contributed by atoms with Crippen molar-refractivity contribution in [2.75, 3.05) is 40.4 Å². The van der Waals surface area contributed by atoms with Gasteiger partial charge in [-0.05, 0) is 27.8 Å². The molecule has 0 fully saturated rings. The molecule has 0 heterocycles. The van der Waals surface area contributed by atoms with Gasteiger partial charge in [-0.25, -0.2) is 0 Å².